The third kappa shape index (κ3) is 4.23. The van der Waals surface area contributed by atoms with Crippen LogP contribution in [0.1, 0.15) is 30.9 Å². The summed E-state index contributed by atoms with van der Waals surface area (Å²) in [5.41, 5.74) is 2.61. The van der Waals surface area contributed by atoms with E-state index >= 15 is 0 Å². The predicted octanol–water partition coefficient (Wildman–Crippen LogP) is 3.07. The molecule has 1 N–H and O–H groups in total. The molecular weight excluding hydrogens is 198 g/mol. The fourth-order valence-electron chi connectivity index (χ4n) is 1.64. The van der Waals surface area contributed by atoms with Crippen molar-refractivity contribution in [3.8, 4) is 5.75 Å². The van der Waals surface area contributed by atoms with Crippen LogP contribution in [0.3, 0.4) is 0 Å². The Bertz CT molecular complexity index is 323. The fraction of sp³-hybridized carbons (Fsp3) is 0.571. The highest BCUT2D eigenvalue weighted by atomic mass is 16.5. The standard InChI is InChI=1S/C14H23NO/c1-11-7-8-14(10-12(11)2)16-13(3)6-5-9-15-4/h7-8,10,13,15H,5-6,9H2,1-4H3. The Morgan fingerprint density at radius 2 is 2.00 bits per heavy atom. The maximum Gasteiger partial charge on any atom is 0.119 e. The first kappa shape index (κ1) is 13.0. The van der Waals surface area contributed by atoms with Crippen LogP contribution in [0.15, 0.2) is 18.2 Å². The zero-order valence-corrected chi connectivity index (χ0v) is 10.8. The van der Waals surface area contributed by atoms with Crippen LogP contribution in [0.25, 0.3) is 0 Å². The van der Waals surface area contributed by atoms with E-state index in [1.165, 1.54) is 11.1 Å². The molecule has 0 radical (unpaired) electrons. The summed E-state index contributed by atoms with van der Waals surface area (Å²) in [7, 11) is 1.98. The van der Waals surface area contributed by atoms with E-state index in [9.17, 15) is 0 Å². The minimum absolute atomic E-state index is 0.287. The summed E-state index contributed by atoms with van der Waals surface area (Å²) >= 11 is 0. The molecule has 0 fully saturated rings. The molecule has 2 nitrogen and oxygen atoms in total. The van der Waals surface area contributed by atoms with E-state index in [0.29, 0.717) is 0 Å². The van der Waals surface area contributed by atoms with Crippen molar-refractivity contribution >= 4 is 0 Å². The van der Waals surface area contributed by atoms with Crippen LogP contribution < -0.4 is 10.1 Å². The molecule has 2 heteroatoms. The molecule has 1 aromatic rings. The third-order valence-electron chi connectivity index (χ3n) is 2.85. The Balaban J connectivity index is 2.43. The molecular formula is C14H23NO. The third-order valence-corrected chi connectivity index (χ3v) is 2.85. The number of ether oxygens (including phenoxy) is 1. The van der Waals surface area contributed by atoms with Gasteiger partial charge in [0.15, 0.2) is 0 Å². The zero-order valence-electron chi connectivity index (χ0n) is 10.8. The maximum absolute atomic E-state index is 5.87. The monoisotopic (exact) mass is 221 g/mol. The molecule has 90 valence electrons. The second kappa shape index (κ2) is 6.54. The van der Waals surface area contributed by atoms with Crippen molar-refractivity contribution in [3.05, 3.63) is 29.3 Å². The van der Waals surface area contributed by atoms with E-state index in [1.807, 2.05) is 7.05 Å². The lowest BCUT2D eigenvalue weighted by atomic mass is 10.1. The average molecular weight is 221 g/mol. The highest BCUT2D eigenvalue weighted by Gasteiger charge is 2.04. The SMILES string of the molecule is CNCCCC(C)Oc1ccc(C)c(C)c1. The second-order valence-corrected chi connectivity index (χ2v) is 4.42. The van der Waals surface area contributed by atoms with Crippen molar-refractivity contribution in [1.82, 2.24) is 5.32 Å². The van der Waals surface area contributed by atoms with Gasteiger partial charge >= 0.3 is 0 Å². The van der Waals surface area contributed by atoms with Crippen LogP contribution in [-0.4, -0.2) is 19.7 Å². The second-order valence-electron chi connectivity index (χ2n) is 4.42. The molecule has 1 atom stereocenters. The van der Waals surface area contributed by atoms with Gasteiger partial charge in [-0.3, -0.25) is 0 Å². The molecule has 0 amide bonds. The quantitative estimate of drug-likeness (QED) is 0.745. The van der Waals surface area contributed by atoms with Crippen molar-refractivity contribution in [2.75, 3.05) is 13.6 Å². The number of rotatable bonds is 6. The van der Waals surface area contributed by atoms with Crippen molar-refractivity contribution in [2.45, 2.75) is 39.7 Å². The lowest BCUT2D eigenvalue weighted by molar-refractivity contribution is 0.207. The first-order valence-corrected chi connectivity index (χ1v) is 6.02. The van der Waals surface area contributed by atoms with Crippen LogP contribution in [0, 0.1) is 13.8 Å². The summed E-state index contributed by atoms with van der Waals surface area (Å²) in [6.07, 6.45) is 2.53. The predicted molar refractivity (Wildman–Crippen MR) is 69.2 cm³/mol. The van der Waals surface area contributed by atoms with Gasteiger partial charge in [0.05, 0.1) is 6.10 Å². The van der Waals surface area contributed by atoms with Gasteiger partial charge < -0.3 is 10.1 Å². The Morgan fingerprint density at radius 1 is 1.25 bits per heavy atom. The minimum atomic E-state index is 0.287. The molecule has 16 heavy (non-hydrogen) atoms. The first-order valence-electron chi connectivity index (χ1n) is 6.02. The molecule has 0 aliphatic carbocycles. The first-order chi connectivity index (χ1) is 7.63. The van der Waals surface area contributed by atoms with Gasteiger partial charge in [0, 0.05) is 0 Å². The van der Waals surface area contributed by atoms with Gasteiger partial charge in [0.25, 0.3) is 0 Å². The lowest BCUT2D eigenvalue weighted by Crippen LogP contribution is -2.15. The van der Waals surface area contributed by atoms with Crippen molar-refractivity contribution in [3.63, 3.8) is 0 Å². The van der Waals surface area contributed by atoms with Gasteiger partial charge in [-0.2, -0.15) is 0 Å². The Labute approximate surface area is 99.0 Å². The van der Waals surface area contributed by atoms with Crippen LogP contribution in [0.5, 0.6) is 5.75 Å². The summed E-state index contributed by atoms with van der Waals surface area (Å²) in [6, 6.07) is 6.28. The number of hydrogen-bond donors (Lipinski definition) is 1. The molecule has 0 heterocycles. The average Bonchev–Trinajstić information content (AvgIpc) is 2.24. The molecule has 0 aromatic heterocycles. The Kier molecular flexibility index (Phi) is 5.33. The molecule has 0 aliphatic heterocycles. The summed E-state index contributed by atoms with van der Waals surface area (Å²) < 4.78 is 5.87. The number of aryl methyl sites for hydroxylation is 2. The fourth-order valence-corrected chi connectivity index (χ4v) is 1.64. The molecule has 0 saturated carbocycles. The van der Waals surface area contributed by atoms with Gasteiger partial charge in [-0.05, 0) is 70.5 Å². The van der Waals surface area contributed by atoms with Gasteiger partial charge in [-0.1, -0.05) is 6.07 Å². The number of benzene rings is 1. The molecule has 0 saturated heterocycles. The van der Waals surface area contributed by atoms with Crippen LogP contribution >= 0.6 is 0 Å². The normalized spacial score (nSPS) is 12.5. The topological polar surface area (TPSA) is 21.3 Å². The van der Waals surface area contributed by atoms with E-state index < -0.39 is 0 Å². The van der Waals surface area contributed by atoms with Gasteiger partial charge in [0.2, 0.25) is 0 Å². The van der Waals surface area contributed by atoms with Gasteiger partial charge in [-0.25, -0.2) is 0 Å². The highest BCUT2D eigenvalue weighted by molar-refractivity contribution is 5.33. The van der Waals surface area contributed by atoms with Crippen LogP contribution in [0.2, 0.25) is 0 Å². The Morgan fingerprint density at radius 3 is 2.62 bits per heavy atom. The van der Waals surface area contributed by atoms with Crippen LogP contribution in [0.4, 0.5) is 0 Å². The molecule has 0 aliphatic rings. The highest BCUT2D eigenvalue weighted by Crippen LogP contribution is 2.18. The van der Waals surface area contributed by atoms with Crippen molar-refractivity contribution in [1.29, 1.82) is 0 Å². The minimum Gasteiger partial charge on any atom is -0.491 e. The van der Waals surface area contributed by atoms with Gasteiger partial charge in [-0.15, -0.1) is 0 Å². The van der Waals surface area contributed by atoms with E-state index in [1.54, 1.807) is 0 Å². The van der Waals surface area contributed by atoms with Crippen molar-refractivity contribution < 1.29 is 4.74 Å². The lowest BCUT2D eigenvalue weighted by Gasteiger charge is -2.15. The maximum atomic E-state index is 5.87. The van der Waals surface area contributed by atoms with Crippen molar-refractivity contribution in [2.24, 2.45) is 0 Å². The molecule has 1 unspecified atom stereocenters. The smallest absolute Gasteiger partial charge is 0.119 e. The molecule has 0 spiro atoms. The van der Waals surface area contributed by atoms with Gasteiger partial charge in [0.1, 0.15) is 5.75 Å². The van der Waals surface area contributed by atoms with E-state index in [4.69, 9.17) is 4.74 Å². The number of hydrogen-bond acceptors (Lipinski definition) is 2. The number of nitrogens with one attached hydrogen (secondary N) is 1. The Hall–Kier alpha value is -1.02. The van der Waals surface area contributed by atoms with E-state index in [2.05, 4.69) is 44.3 Å². The summed E-state index contributed by atoms with van der Waals surface area (Å²) in [4.78, 5) is 0. The summed E-state index contributed by atoms with van der Waals surface area (Å²) in [6.45, 7) is 7.43. The van der Waals surface area contributed by atoms with E-state index in [0.717, 1.165) is 25.1 Å². The molecule has 1 rings (SSSR count). The zero-order chi connectivity index (χ0) is 12.0. The van der Waals surface area contributed by atoms with E-state index in [-0.39, 0.29) is 6.10 Å². The largest absolute Gasteiger partial charge is 0.491 e. The molecule has 0 bridgehead atoms. The summed E-state index contributed by atoms with van der Waals surface area (Å²) in [5.74, 6) is 0.986. The van der Waals surface area contributed by atoms with Crippen LogP contribution in [-0.2, 0) is 0 Å². The summed E-state index contributed by atoms with van der Waals surface area (Å²) in [5, 5.41) is 3.15. The molecule has 1 aromatic carbocycles.